The first-order chi connectivity index (χ1) is 5.91. The molecule has 4 atom stereocenters. The zero-order chi connectivity index (χ0) is 10.2. The average molecular weight is 210 g/mol. The van der Waals surface area contributed by atoms with E-state index < -0.39 is 29.2 Å². The minimum atomic E-state index is -2.39. The van der Waals surface area contributed by atoms with Crippen LogP contribution in [0.2, 0.25) is 0 Å². The lowest BCUT2D eigenvalue weighted by Crippen LogP contribution is -2.62. The van der Waals surface area contributed by atoms with E-state index in [4.69, 9.17) is 5.11 Å². The highest BCUT2D eigenvalue weighted by atomic mass is 32.1. The summed E-state index contributed by atoms with van der Waals surface area (Å²) in [5.41, 5.74) is 0. The molecule has 0 bridgehead atoms. The Morgan fingerprint density at radius 1 is 1.31 bits per heavy atom. The largest absolute Gasteiger partial charge is 0.396 e. The second-order valence-electron chi connectivity index (χ2n) is 3.41. The highest BCUT2D eigenvalue weighted by molar-refractivity contribution is 7.81. The van der Waals surface area contributed by atoms with E-state index in [0.29, 0.717) is 0 Å². The third-order valence-electron chi connectivity index (χ3n) is 2.49. The van der Waals surface area contributed by atoms with Crippen LogP contribution in [-0.2, 0) is 0 Å². The summed E-state index contributed by atoms with van der Waals surface area (Å²) >= 11 is 3.87. The molecule has 0 radical (unpaired) electrons. The number of aliphatic hydroxyl groups is 5. The summed E-state index contributed by atoms with van der Waals surface area (Å²) in [5.74, 6) is -2.96. The van der Waals surface area contributed by atoms with E-state index >= 15 is 0 Å². The summed E-state index contributed by atoms with van der Waals surface area (Å²) in [7, 11) is 0. The van der Waals surface area contributed by atoms with Crippen molar-refractivity contribution in [2.75, 3.05) is 6.61 Å². The lowest BCUT2D eigenvalue weighted by atomic mass is 9.80. The summed E-state index contributed by atoms with van der Waals surface area (Å²) in [6.45, 7) is -0.314. The number of hydrogen-bond acceptors (Lipinski definition) is 6. The van der Waals surface area contributed by atoms with Crippen molar-refractivity contribution in [2.45, 2.75) is 29.7 Å². The van der Waals surface area contributed by atoms with Gasteiger partial charge in [-0.25, -0.2) is 0 Å². The van der Waals surface area contributed by atoms with Gasteiger partial charge in [-0.2, -0.15) is 12.6 Å². The van der Waals surface area contributed by atoms with E-state index in [1.165, 1.54) is 0 Å². The van der Waals surface area contributed by atoms with Gasteiger partial charge in [-0.15, -0.1) is 0 Å². The van der Waals surface area contributed by atoms with Crippen molar-refractivity contribution in [3.05, 3.63) is 0 Å². The number of thiol groups is 1. The molecule has 0 heterocycles. The molecular weight excluding hydrogens is 196 g/mol. The van der Waals surface area contributed by atoms with Gasteiger partial charge >= 0.3 is 0 Å². The van der Waals surface area contributed by atoms with Crippen LogP contribution in [0.4, 0.5) is 0 Å². The summed E-state index contributed by atoms with van der Waals surface area (Å²) in [4.78, 5) is 0. The third kappa shape index (κ3) is 1.83. The Morgan fingerprint density at radius 2 is 1.85 bits per heavy atom. The Balaban J connectivity index is 2.79. The van der Waals surface area contributed by atoms with Gasteiger partial charge in [0.25, 0.3) is 0 Å². The standard InChI is InChI=1S/C7H14O5S/c8-2-3-1-4(13)7(11,12)6(10)5(3)9/h3-6,8-13H,1-2H2/t3?,4-,5-,6+/m1/s1. The predicted octanol–water partition coefficient (Wildman–Crippen LogP) is -2.30. The molecule has 1 saturated carbocycles. The summed E-state index contributed by atoms with van der Waals surface area (Å²) in [6, 6.07) is 0. The molecule has 1 fully saturated rings. The fraction of sp³-hybridized carbons (Fsp3) is 1.00. The Kier molecular flexibility index (Phi) is 3.21. The Morgan fingerprint density at radius 3 is 2.31 bits per heavy atom. The predicted molar refractivity (Wildman–Crippen MR) is 47.1 cm³/mol. The molecule has 0 aliphatic heterocycles. The second-order valence-corrected chi connectivity index (χ2v) is 4.04. The van der Waals surface area contributed by atoms with Crippen LogP contribution in [0.5, 0.6) is 0 Å². The summed E-state index contributed by atoms with van der Waals surface area (Å²) in [6.07, 6.45) is -2.88. The first-order valence-electron chi connectivity index (χ1n) is 4.01. The van der Waals surface area contributed by atoms with Gasteiger partial charge in [0.1, 0.15) is 6.10 Å². The molecule has 0 amide bonds. The van der Waals surface area contributed by atoms with Crippen molar-refractivity contribution in [1.82, 2.24) is 0 Å². The molecule has 0 spiro atoms. The molecular formula is C7H14O5S. The van der Waals surface area contributed by atoms with E-state index in [2.05, 4.69) is 12.6 Å². The van der Waals surface area contributed by atoms with Crippen LogP contribution in [0.1, 0.15) is 6.42 Å². The Labute approximate surface area is 81.0 Å². The Bertz CT molecular complexity index is 186. The monoisotopic (exact) mass is 210 g/mol. The SMILES string of the molecule is OCC1C[C@@H](S)C(O)(O)[C@@H](O)[C@@H]1O. The molecule has 0 saturated heterocycles. The maximum absolute atomic E-state index is 9.33. The molecule has 0 aromatic rings. The van der Waals surface area contributed by atoms with Gasteiger partial charge in [0, 0.05) is 12.5 Å². The van der Waals surface area contributed by atoms with Crippen molar-refractivity contribution >= 4 is 12.6 Å². The quantitative estimate of drug-likeness (QED) is 0.216. The second kappa shape index (κ2) is 3.72. The van der Waals surface area contributed by atoms with Crippen molar-refractivity contribution in [1.29, 1.82) is 0 Å². The molecule has 1 aliphatic carbocycles. The third-order valence-corrected chi connectivity index (χ3v) is 3.08. The molecule has 1 unspecified atom stereocenters. The van der Waals surface area contributed by atoms with Crippen molar-refractivity contribution in [3.8, 4) is 0 Å². The fourth-order valence-corrected chi connectivity index (χ4v) is 1.91. The van der Waals surface area contributed by atoms with Crippen LogP contribution in [0.15, 0.2) is 0 Å². The average Bonchev–Trinajstić information content (AvgIpc) is 2.09. The Hall–Kier alpha value is 0.150. The van der Waals surface area contributed by atoms with E-state index in [1.807, 2.05) is 0 Å². The maximum atomic E-state index is 9.33. The van der Waals surface area contributed by atoms with Crippen molar-refractivity contribution in [3.63, 3.8) is 0 Å². The first kappa shape index (κ1) is 11.2. The van der Waals surface area contributed by atoms with Gasteiger partial charge in [0.15, 0.2) is 0 Å². The van der Waals surface area contributed by atoms with E-state index in [9.17, 15) is 20.4 Å². The smallest absolute Gasteiger partial charge is 0.204 e. The lowest BCUT2D eigenvalue weighted by molar-refractivity contribution is -0.271. The van der Waals surface area contributed by atoms with Gasteiger partial charge in [-0.05, 0) is 6.42 Å². The van der Waals surface area contributed by atoms with E-state index in [1.54, 1.807) is 0 Å². The van der Waals surface area contributed by atoms with Gasteiger partial charge in [0.2, 0.25) is 5.79 Å². The minimum Gasteiger partial charge on any atom is -0.396 e. The van der Waals surface area contributed by atoms with Gasteiger partial charge < -0.3 is 25.5 Å². The van der Waals surface area contributed by atoms with Crippen LogP contribution >= 0.6 is 12.6 Å². The summed E-state index contributed by atoms with van der Waals surface area (Å²) in [5, 5.41) is 45.1. The van der Waals surface area contributed by atoms with Gasteiger partial charge in [0.05, 0.1) is 11.4 Å². The van der Waals surface area contributed by atoms with Crippen molar-refractivity contribution < 1.29 is 25.5 Å². The highest BCUT2D eigenvalue weighted by Crippen LogP contribution is 2.34. The van der Waals surface area contributed by atoms with Crippen LogP contribution in [0, 0.1) is 5.92 Å². The number of rotatable bonds is 1. The first-order valence-corrected chi connectivity index (χ1v) is 4.52. The molecule has 0 aromatic heterocycles. The minimum absolute atomic E-state index is 0.144. The van der Waals surface area contributed by atoms with E-state index in [-0.39, 0.29) is 13.0 Å². The zero-order valence-corrected chi connectivity index (χ0v) is 7.80. The van der Waals surface area contributed by atoms with Gasteiger partial charge in [-0.3, -0.25) is 0 Å². The van der Waals surface area contributed by atoms with Crippen LogP contribution in [0.3, 0.4) is 0 Å². The summed E-state index contributed by atoms with van der Waals surface area (Å²) < 4.78 is 0. The zero-order valence-electron chi connectivity index (χ0n) is 6.91. The lowest BCUT2D eigenvalue weighted by Gasteiger charge is -2.43. The molecule has 13 heavy (non-hydrogen) atoms. The van der Waals surface area contributed by atoms with Crippen LogP contribution in [0.25, 0.3) is 0 Å². The molecule has 1 rings (SSSR count). The fourth-order valence-electron chi connectivity index (χ4n) is 1.49. The van der Waals surface area contributed by atoms with Crippen molar-refractivity contribution in [2.24, 2.45) is 5.92 Å². The number of hydrogen-bond donors (Lipinski definition) is 6. The molecule has 78 valence electrons. The molecule has 6 heteroatoms. The topological polar surface area (TPSA) is 101 Å². The normalized spacial score (nSPS) is 44.8. The number of aliphatic hydroxyl groups excluding tert-OH is 3. The molecule has 1 aliphatic rings. The molecule has 5 nitrogen and oxygen atoms in total. The maximum Gasteiger partial charge on any atom is 0.204 e. The molecule has 0 aromatic carbocycles. The highest BCUT2D eigenvalue weighted by Gasteiger charge is 2.51. The molecule has 5 N–H and O–H groups in total. The van der Waals surface area contributed by atoms with Crippen LogP contribution in [-0.4, -0.2) is 55.4 Å². The van der Waals surface area contributed by atoms with Gasteiger partial charge in [-0.1, -0.05) is 0 Å². The van der Waals surface area contributed by atoms with Crippen LogP contribution < -0.4 is 0 Å². The van der Waals surface area contributed by atoms with E-state index in [0.717, 1.165) is 0 Å².